The number of piperidine rings is 1. The van der Waals surface area contributed by atoms with Crippen LogP contribution in [0, 0.1) is 11.3 Å². The first kappa shape index (κ1) is 22.1. The zero-order valence-electron chi connectivity index (χ0n) is 17.9. The molecular weight excluding hydrogens is 420 g/mol. The largest absolute Gasteiger partial charge is 0.325 e. The quantitative estimate of drug-likeness (QED) is 0.528. The zero-order chi connectivity index (χ0) is 22.2. The summed E-state index contributed by atoms with van der Waals surface area (Å²) in [4.78, 5) is 14.9. The molecule has 0 saturated carbocycles. The molecule has 3 aromatic rings. The Morgan fingerprint density at radius 1 is 1.03 bits per heavy atom. The van der Waals surface area contributed by atoms with Gasteiger partial charge in [0.1, 0.15) is 5.82 Å². The van der Waals surface area contributed by atoms with Crippen molar-refractivity contribution in [2.24, 2.45) is 0 Å². The highest BCUT2D eigenvalue weighted by Gasteiger charge is 2.18. The number of carbonyl (C=O) groups is 1. The fourth-order valence-corrected chi connectivity index (χ4v) is 4.54. The summed E-state index contributed by atoms with van der Waals surface area (Å²) < 4.78 is 2.12. The number of rotatable bonds is 8. The van der Waals surface area contributed by atoms with Gasteiger partial charge in [-0.05, 0) is 49.7 Å². The summed E-state index contributed by atoms with van der Waals surface area (Å²) in [6.45, 7) is 3.62. The Hall–Kier alpha value is -3.15. The standard InChI is InChI=1S/C24H26N6OS/c25-15-20-10-7-11-21(14-20)26-23(31)18-32-24-28-27-22(17-29-12-5-2-6-13-29)30(24)16-19-8-3-1-4-9-19/h1,3-4,7-11,14H,2,5-6,12-13,16-18H2,(H,26,31). The van der Waals surface area contributed by atoms with E-state index in [1.54, 1.807) is 24.3 Å². The van der Waals surface area contributed by atoms with E-state index in [0.29, 0.717) is 17.8 Å². The highest BCUT2D eigenvalue weighted by molar-refractivity contribution is 7.99. The van der Waals surface area contributed by atoms with Crippen LogP contribution in [-0.2, 0) is 17.9 Å². The van der Waals surface area contributed by atoms with E-state index < -0.39 is 0 Å². The number of nitrogens with one attached hydrogen (secondary N) is 1. The van der Waals surface area contributed by atoms with Gasteiger partial charge in [-0.1, -0.05) is 54.6 Å². The molecule has 1 aromatic heterocycles. The molecule has 0 atom stereocenters. The first-order valence-electron chi connectivity index (χ1n) is 10.8. The number of hydrogen-bond donors (Lipinski definition) is 1. The van der Waals surface area contributed by atoms with Gasteiger partial charge in [-0.2, -0.15) is 5.26 Å². The molecule has 1 aliphatic rings. The normalized spacial score (nSPS) is 14.1. The lowest BCUT2D eigenvalue weighted by molar-refractivity contribution is -0.113. The number of hydrogen-bond acceptors (Lipinski definition) is 6. The van der Waals surface area contributed by atoms with Gasteiger partial charge in [0.25, 0.3) is 0 Å². The molecule has 8 heteroatoms. The number of aromatic nitrogens is 3. The van der Waals surface area contributed by atoms with E-state index in [4.69, 9.17) is 5.26 Å². The predicted octanol–water partition coefficient (Wildman–Crippen LogP) is 3.91. The Bertz CT molecular complexity index is 1090. The molecule has 1 amide bonds. The van der Waals surface area contributed by atoms with Gasteiger partial charge in [-0.3, -0.25) is 9.69 Å². The average molecular weight is 447 g/mol. The van der Waals surface area contributed by atoms with Crippen LogP contribution in [0.3, 0.4) is 0 Å². The number of likely N-dealkylation sites (tertiary alicyclic amines) is 1. The van der Waals surface area contributed by atoms with Crippen LogP contribution >= 0.6 is 11.8 Å². The second-order valence-electron chi connectivity index (χ2n) is 7.84. The summed E-state index contributed by atoms with van der Waals surface area (Å²) in [5, 5.41) is 21.5. The van der Waals surface area contributed by atoms with Crippen LogP contribution in [0.5, 0.6) is 0 Å². The van der Waals surface area contributed by atoms with E-state index in [9.17, 15) is 4.79 Å². The molecule has 0 spiro atoms. The average Bonchev–Trinajstić information content (AvgIpc) is 3.20. The molecule has 0 unspecified atom stereocenters. The molecule has 2 heterocycles. The van der Waals surface area contributed by atoms with Gasteiger partial charge in [0.15, 0.2) is 5.16 Å². The zero-order valence-corrected chi connectivity index (χ0v) is 18.7. The number of nitrogens with zero attached hydrogens (tertiary/aromatic N) is 5. The van der Waals surface area contributed by atoms with Crippen LogP contribution in [0.25, 0.3) is 0 Å². The van der Waals surface area contributed by atoms with Crippen LogP contribution in [0.4, 0.5) is 5.69 Å². The molecule has 32 heavy (non-hydrogen) atoms. The molecule has 164 valence electrons. The second kappa shape index (κ2) is 10.9. The summed E-state index contributed by atoms with van der Waals surface area (Å²) >= 11 is 1.38. The predicted molar refractivity (Wildman–Crippen MR) is 125 cm³/mol. The van der Waals surface area contributed by atoms with E-state index in [-0.39, 0.29) is 11.7 Å². The Morgan fingerprint density at radius 2 is 1.84 bits per heavy atom. The minimum atomic E-state index is -0.142. The molecule has 7 nitrogen and oxygen atoms in total. The highest BCUT2D eigenvalue weighted by Crippen LogP contribution is 2.21. The third kappa shape index (κ3) is 5.96. The number of anilines is 1. The Morgan fingerprint density at radius 3 is 2.62 bits per heavy atom. The SMILES string of the molecule is N#Cc1cccc(NC(=O)CSc2nnc(CN3CCCCC3)n2Cc2ccccc2)c1. The van der Waals surface area contributed by atoms with Gasteiger partial charge >= 0.3 is 0 Å². The molecule has 1 saturated heterocycles. The van der Waals surface area contributed by atoms with Crippen molar-refractivity contribution in [2.45, 2.75) is 37.5 Å². The highest BCUT2D eigenvalue weighted by atomic mass is 32.2. The monoisotopic (exact) mass is 446 g/mol. The van der Waals surface area contributed by atoms with E-state index in [0.717, 1.165) is 30.6 Å². The van der Waals surface area contributed by atoms with Crippen molar-refractivity contribution in [2.75, 3.05) is 24.2 Å². The van der Waals surface area contributed by atoms with Gasteiger partial charge in [-0.15, -0.1) is 10.2 Å². The van der Waals surface area contributed by atoms with Gasteiger partial charge < -0.3 is 9.88 Å². The minimum absolute atomic E-state index is 0.142. The van der Waals surface area contributed by atoms with Crippen molar-refractivity contribution in [1.29, 1.82) is 5.26 Å². The van der Waals surface area contributed by atoms with Crippen LogP contribution < -0.4 is 5.32 Å². The van der Waals surface area contributed by atoms with Crippen molar-refractivity contribution in [3.63, 3.8) is 0 Å². The smallest absolute Gasteiger partial charge is 0.234 e. The van der Waals surface area contributed by atoms with Gasteiger partial charge in [0.2, 0.25) is 5.91 Å². The summed E-state index contributed by atoms with van der Waals surface area (Å²) in [5.41, 5.74) is 2.30. The minimum Gasteiger partial charge on any atom is -0.325 e. The third-order valence-corrected chi connectivity index (χ3v) is 6.37. The van der Waals surface area contributed by atoms with Gasteiger partial charge in [0.05, 0.1) is 30.5 Å². The Labute approximate surface area is 192 Å². The van der Waals surface area contributed by atoms with Crippen molar-refractivity contribution in [3.8, 4) is 6.07 Å². The molecule has 1 N–H and O–H groups in total. The number of benzene rings is 2. The maximum absolute atomic E-state index is 12.5. The van der Waals surface area contributed by atoms with Crippen molar-refractivity contribution in [3.05, 3.63) is 71.5 Å². The topological polar surface area (TPSA) is 86.8 Å². The van der Waals surface area contributed by atoms with E-state index >= 15 is 0 Å². The Balaban J connectivity index is 1.45. The van der Waals surface area contributed by atoms with Crippen molar-refractivity contribution < 1.29 is 4.79 Å². The molecule has 4 rings (SSSR count). The summed E-state index contributed by atoms with van der Waals surface area (Å²) in [7, 11) is 0. The second-order valence-corrected chi connectivity index (χ2v) is 8.78. The van der Waals surface area contributed by atoms with Crippen LogP contribution in [0.1, 0.15) is 36.2 Å². The van der Waals surface area contributed by atoms with E-state index in [2.05, 4.69) is 43.2 Å². The molecule has 0 aliphatic carbocycles. The van der Waals surface area contributed by atoms with E-state index in [1.165, 1.54) is 36.6 Å². The van der Waals surface area contributed by atoms with Crippen molar-refractivity contribution >= 4 is 23.4 Å². The Kier molecular flexibility index (Phi) is 7.54. The first-order chi connectivity index (χ1) is 15.7. The van der Waals surface area contributed by atoms with Crippen LogP contribution in [0.2, 0.25) is 0 Å². The van der Waals surface area contributed by atoms with Crippen molar-refractivity contribution in [1.82, 2.24) is 19.7 Å². The number of nitriles is 1. The molecule has 0 bridgehead atoms. The van der Waals surface area contributed by atoms with Crippen LogP contribution in [0.15, 0.2) is 59.8 Å². The molecule has 0 radical (unpaired) electrons. The number of carbonyl (C=O) groups excluding carboxylic acids is 1. The summed E-state index contributed by atoms with van der Waals surface area (Å²) in [6.07, 6.45) is 3.74. The fourth-order valence-electron chi connectivity index (χ4n) is 3.78. The summed E-state index contributed by atoms with van der Waals surface area (Å²) in [6, 6.07) is 19.2. The molecule has 1 fully saturated rings. The van der Waals surface area contributed by atoms with Crippen LogP contribution in [-0.4, -0.2) is 44.4 Å². The maximum atomic E-state index is 12.5. The lowest BCUT2D eigenvalue weighted by Crippen LogP contribution is -2.30. The molecular formula is C24H26N6OS. The fraction of sp³-hybridized carbons (Fsp3) is 0.333. The number of thioether (sulfide) groups is 1. The molecule has 1 aliphatic heterocycles. The van der Waals surface area contributed by atoms with Gasteiger partial charge in [0, 0.05) is 5.69 Å². The first-order valence-corrected chi connectivity index (χ1v) is 11.8. The molecule has 2 aromatic carbocycles. The maximum Gasteiger partial charge on any atom is 0.234 e. The lowest BCUT2D eigenvalue weighted by atomic mass is 10.1. The summed E-state index contributed by atoms with van der Waals surface area (Å²) in [5.74, 6) is 1.00. The van der Waals surface area contributed by atoms with Gasteiger partial charge in [-0.25, -0.2) is 0 Å². The lowest BCUT2D eigenvalue weighted by Gasteiger charge is -2.26. The third-order valence-electron chi connectivity index (χ3n) is 5.40. The van der Waals surface area contributed by atoms with E-state index in [1.807, 2.05) is 18.2 Å². The number of amides is 1.